The van der Waals surface area contributed by atoms with Crippen molar-refractivity contribution < 1.29 is 9.47 Å². The van der Waals surface area contributed by atoms with Gasteiger partial charge in [-0.1, -0.05) is 0 Å². The van der Waals surface area contributed by atoms with E-state index in [1.807, 2.05) is 31.2 Å². The largest absolute Gasteiger partial charge is 0.477 e. The molecule has 2 rings (SSSR count). The van der Waals surface area contributed by atoms with Gasteiger partial charge in [0.25, 0.3) is 0 Å². The molecule has 0 saturated heterocycles. The Morgan fingerprint density at radius 3 is 2.86 bits per heavy atom. The maximum atomic E-state index is 5.37. The fraction of sp³-hybridized carbons (Fsp3) is 0.500. The van der Waals surface area contributed by atoms with Gasteiger partial charge in [-0.2, -0.15) is 4.98 Å². The zero-order valence-corrected chi connectivity index (χ0v) is 13.6. The van der Waals surface area contributed by atoms with Gasteiger partial charge < -0.3 is 14.4 Å². The van der Waals surface area contributed by atoms with Crippen molar-refractivity contribution in [1.29, 1.82) is 0 Å². The summed E-state index contributed by atoms with van der Waals surface area (Å²) in [6, 6.07) is 0. The molecule has 0 amide bonds. The molecule has 0 aliphatic rings. The molecule has 0 aliphatic heterocycles. The molecule has 0 radical (unpaired) electrons. The highest BCUT2D eigenvalue weighted by Crippen LogP contribution is 2.22. The molecule has 0 aromatic carbocycles. The molecule has 21 heavy (non-hydrogen) atoms. The zero-order chi connectivity index (χ0) is 15.2. The molecule has 0 unspecified atom stereocenters. The van der Waals surface area contributed by atoms with Crippen LogP contribution in [0.2, 0.25) is 0 Å². The molecule has 0 bridgehead atoms. The molecule has 1 atom stereocenters. The minimum Gasteiger partial charge on any atom is -0.477 e. The highest BCUT2D eigenvalue weighted by atomic mass is 32.1. The Morgan fingerprint density at radius 2 is 2.14 bits per heavy atom. The van der Waals surface area contributed by atoms with Crippen molar-refractivity contribution in [3.05, 3.63) is 28.5 Å². The number of thiazole rings is 1. The summed E-state index contributed by atoms with van der Waals surface area (Å²) < 4.78 is 10.6. The molecule has 0 N–H and O–H groups in total. The molecule has 0 fully saturated rings. The SMILES string of the molecule is CCOc1cncc(N(C)Cc2csc([C@H](C)OC)n2)n1. The molecule has 2 heterocycles. The number of nitrogens with zero attached hydrogens (tertiary/aromatic N) is 4. The molecule has 114 valence electrons. The Balaban J connectivity index is 2.05. The van der Waals surface area contributed by atoms with Gasteiger partial charge in [0, 0.05) is 19.5 Å². The minimum absolute atomic E-state index is 0.0233. The van der Waals surface area contributed by atoms with Crippen molar-refractivity contribution in [1.82, 2.24) is 15.0 Å². The lowest BCUT2D eigenvalue weighted by molar-refractivity contribution is 0.119. The van der Waals surface area contributed by atoms with Crippen LogP contribution in [0.1, 0.15) is 30.7 Å². The van der Waals surface area contributed by atoms with Gasteiger partial charge in [0.2, 0.25) is 5.88 Å². The standard InChI is InChI=1S/C14H20N4O2S/c1-5-20-13-7-15-6-12(17-13)18(3)8-11-9-21-14(16-11)10(2)19-4/h6-7,9-10H,5,8H2,1-4H3/t10-/m0/s1. The van der Waals surface area contributed by atoms with Gasteiger partial charge in [-0.3, -0.25) is 4.98 Å². The van der Waals surface area contributed by atoms with E-state index < -0.39 is 0 Å². The van der Waals surface area contributed by atoms with E-state index in [1.165, 1.54) is 0 Å². The molecule has 0 spiro atoms. The van der Waals surface area contributed by atoms with E-state index in [1.54, 1.807) is 30.8 Å². The number of ether oxygens (including phenoxy) is 2. The first kappa shape index (κ1) is 15.7. The van der Waals surface area contributed by atoms with Crippen molar-refractivity contribution in [3.63, 3.8) is 0 Å². The molecule has 7 heteroatoms. The predicted molar refractivity (Wildman–Crippen MR) is 82.8 cm³/mol. The third-order valence-corrected chi connectivity index (χ3v) is 4.01. The van der Waals surface area contributed by atoms with E-state index in [9.17, 15) is 0 Å². The first-order valence-electron chi connectivity index (χ1n) is 6.77. The van der Waals surface area contributed by atoms with Gasteiger partial charge >= 0.3 is 0 Å². The fourth-order valence-corrected chi connectivity index (χ4v) is 2.59. The summed E-state index contributed by atoms with van der Waals surface area (Å²) in [6.45, 7) is 5.15. The van der Waals surface area contributed by atoms with E-state index in [4.69, 9.17) is 9.47 Å². The van der Waals surface area contributed by atoms with Gasteiger partial charge in [-0.15, -0.1) is 11.3 Å². The van der Waals surface area contributed by atoms with Crippen LogP contribution in [0, 0.1) is 0 Å². The van der Waals surface area contributed by atoms with Crippen LogP contribution in [0.25, 0.3) is 0 Å². The monoisotopic (exact) mass is 308 g/mol. The summed E-state index contributed by atoms with van der Waals surface area (Å²) in [5.41, 5.74) is 0.991. The Bertz CT molecular complexity index is 576. The Kier molecular flexibility index (Phi) is 5.46. The lowest BCUT2D eigenvalue weighted by Gasteiger charge is -2.17. The van der Waals surface area contributed by atoms with Crippen LogP contribution in [0.3, 0.4) is 0 Å². The van der Waals surface area contributed by atoms with Gasteiger partial charge in [0.1, 0.15) is 11.1 Å². The minimum atomic E-state index is 0.0233. The van der Waals surface area contributed by atoms with Crippen molar-refractivity contribution in [2.75, 3.05) is 25.7 Å². The Labute approximate surface area is 128 Å². The summed E-state index contributed by atoms with van der Waals surface area (Å²) in [7, 11) is 3.64. The highest BCUT2D eigenvalue weighted by molar-refractivity contribution is 7.09. The maximum absolute atomic E-state index is 5.37. The van der Waals surface area contributed by atoms with E-state index in [0.717, 1.165) is 16.5 Å². The average molecular weight is 308 g/mol. The van der Waals surface area contributed by atoms with Crippen molar-refractivity contribution >= 4 is 17.2 Å². The number of methoxy groups -OCH3 is 1. The van der Waals surface area contributed by atoms with Crippen molar-refractivity contribution in [2.45, 2.75) is 26.5 Å². The number of aromatic nitrogens is 3. The summed E-state index contributed by atoms with van der Waals surface area (Å²) >= 11 is 1.61. The van der Waals surface area contributed by atoms with E-state index >= 15 is 0 Å². The number of hydrogen-bond donors (Lipinski definition) is 0. The second-order valence-electron chi connectivity index (χ2n) is 4.56. The lowest BCUT2D eigenvalue weighted by Crippen LogP contribution is -2.18. The summed E-state index contributed by atoms with van der Waals surface area (Å²) in [5, 5.41) is 3.02. The van der Waals surface area contributed by atoms with Crippen molar-refractivity contribution in [3.8, 4) is 5.88 Å². The highest BCUT2D eigenvalue weighted by Gasteiger charge is 2.12. The van der Waals surface area contributed by atoms with Crippen LogP contribution in [-0.4, -0.2) is 35.7 Å². The number of anilines is 1. The topological polar surface area (TPSA) is 60.4 Å². The fourth-order valence-electron chi connectivity index (χ4n) is 1.75. The van der Waals surface area contributed by atoms with E-state index in [2.05, 4.69) is 15.0 Å². The molecular weight excluding hydrogens is 288 g/mol. The average Bonchev–Trinajstić information content (AvgIpc) is 2.95. The Hall–Kier alpha value is -1.73. The normalized spacial score (nSPS) is 12.2. The van der Waals surface area contributed by atoms with Crippen LogP contribution in [0.5, 0.6) is 5.88 Å². The summed E-state index contributed by atoms with van der Waals surface area (Å²) in [6.07, 6.45) is 3.35. The zero-order valence-electron chi connectivity index (χ0n) is 12.7. The van der Waals surface area contributed by atoms with Gasteiger partial charge in [-0.05, 0) is 13.8 Å². The molecule has 2 aromatic rings. The second-order valence-corrected chi connectivity index (χ2v) is 5.45. The van der Waals surface area contributed by atoms with Crippen LogP contribution in [0.4, 0.5) is 5.82 Å². The van der Waals surface area contributed by atoms with Gasteiger partial charge in [-0.25, -0.2) is 4.98 Å². The smallest absolute Gasteiger partial charge is 0.234 e. The van der Waals surface area contributed by atoms with Gasteiger partial charge in [0.15, 0.2) is 5.82 Å². The quantitative estimate of drug-likeness (QED) is 0.784. The van der Waals surface area contributed by atoms with Crippen molar-refractivity contribution in [2.24, 2.45) is 0 Å². The molecular formula is C14H20N4O2S. The second kappa shape index (κ2) is 7.33. The molecule has 6 nitrogen and oxygen atoms in total. The molecule has 0 saturated carbocycles. The molecule has 2 aromatic heterocycles. The number of hydrogen-bond acceptors (Lipinski definition) is 7. The van der Waals surface area contributed by atoms with Gasteiger partial charge in [0.05, 0.1) is 31.2 Å². The summed E-state index contributed by atoms with van der Waals surface area (Å²) in [4.78, 5) is 15.1. The predicted octanol–water partition coefficient (Wildman–Crippen LogP) is 2.68. The van der Waals surface area contributed by atoms with E-state index in [0.29, 0.717) is 19.0 Å². The Morgan fingerprint density at radius 1 is 1.33 bits per heavy atom. The maximum Gasteiger partial charge on any atom is 0.234 e. The van der Waals surface area contributed by atoms with E-state index in [-0.39, 0.29) is 6.10 Å². The van der Waals surface area contributed by atoms with Crippen LogP contribution in [-0.2, 0) is 11.3 Å². The third-order valence-electron chi connectivity index (χ3n) is 2.95. The number of rotatable bonds is 7. The lowest BCUT2D eigenvalue weighted by atomic mass is 10.4. The molecule has 0 aliphatic carbocycles. The first-order chi connectivity index (χ1) is 10.1. The van der Waals surface area contributed by atoms with Crippen LogP contribution < -0.4 is 9.64 Å². The summed E-state index contributed by atoms with van der Waals surface area (Å²) in [5.74, 6) is 1.30. The van der Waals surface area contributed by atoms with Crippen LogP contribution >= 0.6 is 11.3 Å². The third kappa shape index (κ3) is 4.12. The van der Waals surface area contributed by atoms with Crippen LogP contribution in [0.15, 0.2) is 17.8 Å². The first-order valence-corrected chi connectivity index (χ1v) is 7.65.